The second-order valence-corrected chi connectivity index (χ2v) is 16.0. The maximum Gasteiger partial charge on any atom is 0.144 e. The van der Waals surface area contributed by atoms with Gasteiger partial charge in [0, 0.05) is 71.3 Å². The number of rotatable bonds is 6. The third-order valence-corrected chi connectivity index (χ3v) is 12.4. The molecule has 2 aromatic heterocycles. The Labute approximate surface area is 384 Å². The van der Waals surface area contributed by atoms with Crippen LogP contribution < -0.4 is 14.5 Å². The van der Waals surface area contributed by atoms with E-state index in [-0.39, 0.29) is 21.1 Å². The largest absolute Gasteiger partial charge is 0.509 e. The molecule has 0 amide bonds. The molecule has 0 radical (unpaired) electrons. The first-order chi connectivity index (χ1) is 31.2. The zero-order chi connectivity index (χ0) is 41.4. The molecule has 1 aliphatic heterocycles. The number of anilines is 4. The molecule has 0 saturated carbocycles. The topological polar surface area (TPSA) is 33.5 Å². The Morgan fingerprint density at radius 2 is 1.08 bits per heavy atom. The molecule has 0 atom stereocenters. The van der Waals surface area contributed by atoms with Crippen molar-refractivity contribution in [3.05, 3.63) is 225 Å². The van der Waals surface area contributed by atoms with Gasteiger partial charge in [-0.1, -0.05) is 145 Å². The van der Waals surface area contributed by atoms with Gasteiger partial charge in [-0.15, -0.1) is 53.6 Å². The number of hydrogen-bond donors (Lipinski definition) is 0. The van der Waals surface area contributed by atoms with Gasteiger partial charge in [-0.25, -0.2) is 4.98 Å². The summed E-state index contributed by atoms with van der Waals surface area (Å²) in [5.41, 5.74) is 9.07. The number of para-hydroxylation sites is 4. The van der Waals surface area contributed by atoms with E-state index in [2.05, 4.69) is 221 Å². The van der Waals surface area contributed by atoms with E-state index in [0.29, 0.717) is 11.5 Å². The summed E-state index contributed by atoms with van der Waals surface area (Å²) in [7, 11) is 0. The molecule has 1 aliphatic rings. The third kappa shape index (κ3) is 6.07. The van der Waals surface area contributed by atoms with Crippen LogP contribution in [0.4, 0.5) is 22.7 Å². The van der Waals surface area contributed by atoms with Gasteiger partial charge in [0.1, 0.15) is 5.82 Å². The SMILES string of the molecule is [Pt].[c-]1c(Oc2[c-]c3c(cc2)c2ccccc2n3-c2nc3ccc4ccccc4c3c3c2ccc2ccccc23)cc(-c2ccccc2)cc1N1[CH-]N(c2ccccc2)c2ccccc21. The van der Waals surface area contributed by atoms with E-state index in [1.165, 1.54) is 26.9 Å². The maximum atomic E-state index is 6.90. The van der Waals surface area contributed by atoms with Crippen LogP contribution in [0.1, 0.15) is 0 Å². The minimum absolute atomic E-state index is 0. The molecule has 13 rings (SSSR count). The first-order valence-electron chi connectivity index (χ1n) is 21.2. The van der Waals surface area contributed by atoms with Gasteiger partial charge in [0.25, 0.3) is 0 Å². The smallest absolute Gasteiger partial charge is 0.144 e. The van der Waals surface area contributed by atoms with Crippen molar-refractivity contribution in [1.29, 1.82) is 0 Å². The standard InChI is InChI=1S/C58H35N4O.Pt/c1-3-15-38(16-4-1)41-33-43(61-37-60(42-19-5-2-6-20-42)53-25-13-14-26-54(53)61)35-45(34-41)63-44-29-31-49-48-23-11-12-24-52(48)62(55(49)36-44)58-50-30-27-39-17-7-9-21-46(39)56(50)57-47-22-10-8-18-40(47)28-32-51(57)59-58;/h1-34,37H;/q-3;. The minimum Gasteiger partial charge on any atom is -0.509 e. The Morgan fingerprint density at radius 3 is 1.86 bits per heavy atom. The summed E-state index contributed by atoms with van der Waals surface area (Å²) in [6.45, 7) is 2.13. The molecule has 0 N–H and O–H groups in total. The molecule has 5 nitrogen and oxygen atoms in total. The Hall–Kier alpha value is -7.72. The first-order valence-corrected chi connectivity index (χ1v) is 21.2. The molecule has 10 aromatic carbocycles. The van der Waals surface area contributed by atoms with Crippen molar-refractivity contribution < 1.29 is 25.8 Å². The molecular weight excluding hydrogens is 964 g/mol. The van der Waals surface area contributed by atoms with Crippen LogP contribution >= 0.6 is 0 Å². The zero-order valence-corrected chi connectivity index (χ0v) is 36.5. The van der Waals surface area contributed by atoms with Crippen LogP contribution in [0, 0.1) is 18.8 Å². The molecular formula is C58H35N4OPt-3. The van der Waals surface area contributed by atoms with E-state index in [9.17, 15) is 0 Å². The van der Waals surface area contributed by atoms with Gasteiger partial charge in [0.2, 0.25) is 0 Å². The molecule has 0 bridgehead atoms. The zero-order valence-electron chi connectivity index (χ0n) is 34.2. The average Bonchev–Trinajstić information content (AvgIpc) is 3.90. The van der Waals surface area contributed by atoms with Crippen molar-refractivity contribution in [2.75, 3.05) is 9.80 Å². The van der Waals surface area contributed by atoms with Crippen molar-refractivity contribution in [1.82, 2.24) is 9.55 Å². The number of fused-ring (bicyclic) bond motifs is 11. The monoisotopic (exact) mass is 998 g/mol. The second-order valence-electron chi connectivity index (χ2n) is 16.0. The van der Waals surface area contributed by atoms with Gasteiger partial charge in [-0.3, -0.25) is 0 Å². The van der Waals surface area contributed by atoms with Crippen molar-refractivity contribution in [3.63, 3.8) is 0 Å². The molecule has 12 aromatic rings. The Bertz CT molecular complexity index is 3770. The summed E-state index contributed by atoms with van der Waals surface area (Å²) in [6.07, 6.45) is 0. The minimum atomic E-state index is 0. The number of pyridine rings is 1. The van der Waals surface area contributed by atoms with Crippen molar-refractivity contribution in [3.8, 4) is 28.4 Å². The van der Waals surface area contributed by atoms with Crippen LogP contribution in [-0.2, 0) is 21.1 Å². The normalized spacial score (nSPS) is 12.4. The van der Waals surface area contributed by atoms with Gasteiger partial charge in [0.15, 0.2) is 0 Å². The maximum absolute atomic E-state index is 6.90. The van der Waals surface area contributed by atoms with E-state index in [1.54, 1.807) is 0 Å². The van der Waals surface area contributed by atoms with Gasteiger partial charge in [-0.05, 0) is 75.0 Å². The number of ether oxygens (including phenoxy) is 1. The van der Waals surface area contributed by atoms with Gasteiger partial charge in [0.05, 0.1) is 5.52 Å². The predicted molar refractivity (Wildman–Crippen MR) is 260 cm³/mol. The fourth-order valence-corrected chi connectivity index (χ4v) is 9.57. The van der Waals surface area contributed by atoms with Crippen LogP contribution in [-0.4, -0.2) is 9.55 Å². The number of nitrogens with zero attached hydrogens (tertiary/aromatic N) is 4. The van der Waals surface area contributed by atoms with Crippen LogP contribution in [0.25, 0.3) is 82.0 Å². The van der Waals surface area contributed by atoms with Crippen LogP contribution in [0.3, 0.4) is 0 Å². The first kappa shape index (κ1) is 38.0. The third-order valence-electron chi connectivity index (χ3n) is 12.4. The summed E-state index contributed by atoms with van der Waals surface area (Å²) in [6, 6.07) is 79.8. The van der Waals surface area contributed by atoms with Crippen molar-refractivity contribution in [2.45, 2.75) is 0 Å². The summed E-state index contributed by atoms with van der Waals surface area (Å²) in [5.74, 6) is 2.02. The summed E-state index contributed by atoms with van der Waals surface area (Å²) in [5, 5.41) is 10.4. The van der Waals surface area contributed by atoms with Gasteiger partial charge in [-0.2, -0.15) is 6.07 Å². The van der Waals surface area contributed by atoms with Gasteiger partial charge >= 0.3 is 0 Å². The molecule has 306 valence electrons. The van der Waals surface area contributed by atoms with E-state index in [4.69, 9.17) is 9.72 Å². The number of benzene rings is 10. The molecule has 0 aliphatic carbocycles. The fourth-order valence-electron chi connectivity index (χ4n) is 9.57. The van der Waals surface area contributed by atoms with E-state index in [1.807, 2.05) is 18.2 Å². The van der Waals surface area contributed by atoms with Crippen molar-refractivity contribution in [2.24, 2.45) is 0 Å². The molecule has 3 heterocycles. The van der Waals surface area contributed by atoms with Gasteiger partial charge < -0.3 is 19.1 Å². The summed E-state index contributed by atoms with van der Waals surface area (Å²) in [4.78, 5) is 9.95. The molecule has 0 fully saturated rings. The van der Waals surface area contributed by atoms with E-state index in [0.717, 1.165) is 77.8 Å². The molecule has 0 spiro atoms. The fraction of sp³-hybridized carbons (Fsp3) is 0. The van der Waals surface area contributed by atoms with Crippen LogP contribution in [0.2, 0.25) is 0 Å². The number of hydrogen-bond acceptors (Lipinski definition) is 4. The summed E-state index contributed by atoms with van der Waals surface area (Å²) < 4.78 is 9.17. The Kier molecular flexibility index (Phi) is 9.06. The van der Waals surface area contributed by atoms with Crippen molar-refractivity contribution >= 4 is 87.8 Å². The van der Waals surface area contributed by atoms with Crippen LogP contribution in [0.15, 0.2) is 206 Å². The molecule has 64 heavy (non-hydrogen) atoms. The Morgan fingerprint density at radius 1 is 0.453 bits per heavy atom. The second kappa shape index (κ2) is 15.3. The average molecular weight is 999 g/mol. The van der Waals surface area contributed by atoms with E-state index >= 15 is 0 Å². The Balaban J connectivity index is 0.00000433. The number of aromatic nitrogens is 2. The van der Waals surface area contributed by atoms with E-state index < -0.39 is 0 Å². The predicted octanol–water partition coefficient (Wildman–Crippen LogP) is 15.3. The summed E-state index contributed by atoms with van der Waals surface area (Å²) >= 11 is 0. The van der Waals surface area contributed by atoms with Crippen LogP contribution in [0.5, 0.6) is 11.5 Å². The quantitative estimate of drug-likeness (QED) is 0.123. The molecule has 0 saturated heterocycles. The molecule has 6 heteroatoms. The molecule has 0 unspecified atom stereocenters.